The maximum Gasteiger partial charge on any atom is -0.0354 e. The van der Waals surface area contributed by atoms with Gasteiger partial charge in [-0.1, -0.05) is 102 Å². The van der Waals surface area contributed by atoms with E-state index in [9.17, 15) is 0 Å². The predicted molar refractivity (Wildman–Crippen MR) is 112 cm³/mol. The minimum Gasteiger partial charge on any atom is -0.0776 e. The SMILES string of the molecule is C.CC.CC.CC(C)(C)C1CCCC1.CC(C)(C)C1CCCC1. The third kappa shape index (κ3) is 13.0. The summed E-state index contributed by atoms with van der Waals surface area (Å²) in [5, 5.41) is 0. The minimum absolute atomic E-state index is 0. The van der Waals surface area contributed by atoms with Crippen LogP contribution in [0.2, 0.25) is 0 Å². The Balaban J connectivity index is -0.000000276. The van der Waals surface area contributed by atoms with Gasteiger partial charge in [0.15, 0.2) is 0 Å². The van der Waals surface area contributed by atoms with Crippen LogP contribution in [0.25, 0.3) is 0 Å². The van der Waals surface area contributed by atoms with E-state index in [0.29, 0.717) is 10.8 Å². The summed E-state index contributed by atoms with van der Waals surface area (Å²) in [6, 6.07) is 0. The second-order valence-corrected chi connectivity index (χ2v) is 8.69. The molecule has 0 amide bonds. The molecule has 2 aliphatic rings. The van der Waals surface area contributed by atoms with Crippen molar-refractivity contribution in [2.45, 2.75) is 128 Å². The second-order valence-electron chi connectivity index (χ2n) is 8.69. The molecular formula is C23H52. The van der Waals surface area contributed by atoms with Crippen molar-refractivity contribution in [1.82, 2.24) is 0 Å². The Morgan fingerprint density at radius 3 is 0.739 bits per heavy atom. The first-order chi connectivity index (χ1) is 10.2. The molecule has 0 heterocycles. The highest BCUT2D eigenvalue weighted by atomic mass is 14.3. The summed E-state index contributed by atoms with van der Waals surface area (Å²) in [7, 11) is 0. The van der Waals surface area contributed by atoms with Crippen LogP contribution >= 0.6 is 0 Å². The Morgan fingerprint density at radius 2 is 0.652 bits per heavy atom. The van der Waals surface area contributed by atoms with E-state index in [0.717, 1.165) is 11.8 Å². The highest BCUT2D eigenvalue weighted by Gasteiger charge is 2.27. The van der Waals surface area contributed by atoms with E-state index in [-0.39, 0.29) is 7.43 Å². The van der Waals surface area contributed by atoms with Gasteiger partial charge in [0.2, 0.25) is 0 Å². The monoisotopic (exact) mass is 328 g/mol. The van der Waals surface area contributed by atoms with Gasteiger partial charge >= 0.3 is 0 Å². The first-order valence-corrected chi connectivity index (χ1v) is 10.2. The van der Waals surface area contributed by atoms with Crippen LogP contribution in [0.15, 0.2) is 0 Å². The molecule has 0 spiro atoms. The molecule has 2 aliphatic carbocycles. The average Bonchev–Trinajstić information content (AvgIpc) is 3.16. The standard InChI is InChI=1S/2C9H18.2C2H6.CH4/c2*1-9(2,3)8-6-4-5-7-8;2*1-2;/h2*8H,4-7H2,1-3H3;2*1-2H3;1H4. The molecule has 0 aliphatic heterocycles. The highest BCUT2D eigenvalue weighted by molar-refractivity contribution is 4.78. The van der Waals surface area contributed by atoms with Crippen LogP contribution in [0.4, 0.5) is 0 Å². The largest absolute Gasteiger partial charge is 0.0776 e. The van der Waals surface area contributed by atoms with Gasteiger partial charge in [0.25, 0.3) is 0 Å². The van der Waals surface area contributed by atoms with E-state index in [1.54, 1.807) is 0 Å². The van der Waals surface area contributed by atoms with Gasteiger partial charge < -0.3 is 0 Å². The summed E-state index contributed by atoms with van der Waals surface area (Å²) in [5.41, 5.74) is 1.16. The molecule has 0 heteroatoms. The first kappa shape index (κ1) is 27.8. The lowest BCUT2D eigenvalue weighted by molar-refractivity contribution is 0.246. The van der Waals surface area contributed by atoms with Crippen LogP contribution in [0.1, 0.15) is 128 Å². The van der Waals surface area contributed by atoms with Crippen LogP contribution in [0.3, 0.4) is 0 Å². The van der Waals surface area contributed by atoms with E-state index in [4.69, 9.17) is 0 Å². The van der Waals surface area contributed by atoms with Gasteiger partial charge in [-0.2, -0.15) is 0 Å². The quantitative estimate of drug-likeness (QED) is 0.416. The van der Waals surface area contributed by atoms with Crippen molar-refractivity contribution in [3.05, 3.63) is 0 Å². The van der Waals surface area contributed by atoms with Gasteiger partial charge in [0, 0.05) is 0 Å². The van der Waals surface area contributed by atoms with Crippen molar-refractivity contribution in [3.8, 4) is 0 Å². The Bertz CT molecular complexity index is 187. The van der Waals surface area contributed by atoms with Crippen LogP contribution in [0, 0.1) is 22.7 Å². The normalized spacial score (nSPS) is 18.5. The third-order valence-corrected chi connectivity index (χ3v) is 5.16. The molecule has 2 rings (SSSR count). The summed E-state index contributed by atoms with van der Waals surface area (Å²) in [5.74, 6) is 2.02. The Labute approximate surface area is 151 Å². The summed E-state index contributed by atoms with van der Waals surface area (Å²) >= 11 is 0. The molecule has 0 aromatic heterocycles. The maximum absolute atomic E-state index is 2.36. The topological polar surface area (TPSA) is 0 Å². The summed E-state index contributed by atoms with van der Waals surface area (Å²) in [6.07, 6.45) is 11.8. The molecule has 0 saturated heterocycles. The van der Waals surface area contributed by atoms with Crippen molar-refractivity contribution < 1.29 is 0 Å². The van der Waals surface area contributed by atoms with E-state index in [2.05, 4.69) is 41.5 Å². The zero-order valence-corrected chi connectivity index (χ0v) is 17.8. The number of rotatable bonds is 0. The average molecular weight is 329 g/mol. The molecule has 0 aromatic rings. The van der Waals surface area contributed by atoms with Gasteiger partial charge in [-0.15, -0.1) is 0 Å². The lowest BCUT2D eigenvalue weighted by Crippen LogP contribution is -2.16. The van der Waals surface area contributed by atoms with Gasteiger partial charge in [-0.3, -0.25) is 0 Å². The number of hydrogen-bond donors (Lipinski definition) is 0. The third-order valence-electron chi connectivity index (χ3n) is 5.16. The van der Waals surface area contributed by atoms with Gasteiger partial charge in [-0.05, 0) is 48.3 Å². The molecule has 0 N–H and O–H groups in total. The molecule has 2 saturated carbocycles. The lowest BCUT2D eigenvalue weighted by Gasteiger charge is -2.26. The molecular weight excluding hydrogens is 276 g/mol. The van der Waals surface area contributed by atoms with Gasteiger partial charge in [0.05, 0.1) is 0 Å². The van der Waals surface area contributed by atoms with Crippen LogP contribution in [0.5, 0.6) is 0 Å². The van der Waals surface area contributed by atoms with Crippen molar-refractivity contribution in [2.24, 2.45) is 22.7 Å². The first-order valence-electron chi connectivity index (χ1n) is 10.2. The zero-order chi connectivity index (χ0) is 17.8. The van der Waals surface area contributed by atoms with E-state index in [1.165, 1.54) is 51.4 Å². The van der Waals surface area contributed by atoms with Crippen molar-refractivity contribution in [2.75, 3.05) is 0 Å². The molecule has 23 heavy (non-hydrogen) atoms. The smallest absolute Gasteiger partial charge is 0.0354 e. The van der Waals surface area contributed by atoms with Crippen molar-refractivity contribution in [1.29, 1.82) is 0 Å². The molecule has 2 fully saturated rings. The van der Waals surface area contributed by atoms with Gasteiger partial charge in [-0.25, -0.2) is 0 Å². The Kier molecular flexibility index (Phi) is 17.4. The Hall–Kier alpha value is 0. The summed E-state index contributed by atoms with van der Waals surface area (Å²) in [4.78, 5) is 0. The van der Waals surface area contributed by atoms with Crippen molar-refractivity contribution in [3.63, 3.8) is 0 Å². The number of hydrogen-bond acceptors (Lipinski definition) is 0. The van der Waals surface area contributed by atoms with Crippen molar-refractivity contribution >= 4 is 0 Å². The summed E-state index contributed by atoms with van der Waals surface area (Å²) in [6.45, 7) is 22.2. The molecule has 0 unspecified atom stereocenters. The Morgan fingerprint density at radius 1 is 0.478 bits per heavy atom. The molecule has 144 valence electrons. The fraction of sp³-hybridized carbons (Fsp3) is 1.00. The maximum atomic E-state index is 2.36. The van der Waals surface area contributed by atoms with Gasteiger partial charge in [0.1, 0.15) is 0 Å². The fourth-order valence-electron chi connectivity index (χ4n) is 3.58. The molecule has 0 atom stereocenters. The molecule has 0 radical (unpaired) electrons. The lowest BCUT2D eigenvalue weighted by atomic mass is 9.80. The molecule has 0 aromatic carbocycles. The summed E-state index contributed by atoms with van der Waals surface area (Å²) < 4.78 is 0. The van der Waals surface area contributed by atoms with Crippen LogP contribution in [-0.4, -0.2) is 0 Å². The van der Waals surface area contributed by atoms with Crippen LogP contribution in [-0.2, 0) is 0 Å². The fourth-order valence-corrected chi connectivity index (χ4v) is 3.58. The highest BCUT2D eigenvalue weighted by Crippen LogP contribution is 2.39. The van der Waals surface area contributed by atoms with E-state index in [1.807, 2.05) is 27.7 Å². The van der Waals surface area contributed by atoms with Crippen LogP contribution < -0.4 is 0 Å². The minimum atomic E-state index is 0. The molecule has 0 bridgehead atoms. The zero-order valence-electron chi connectivity index (χ0n) is 17.8. The molecule has 0 nitrogen and oxygen atoms in total. The second kappa shape index (κ2) is 14.4. The predicted octanol–water partition coefficient (Wildman–Crippen LogP) is 9.13. The van der Waals surface area contributed by atoms with E-state index < -0.39 is 0 Å². The van der Waals surface area contributed by atoms with E-state index >= 15 is 0 Å².